The fourth-order valence-corrected chi connectivity index (χ4v) is 2.51. The minimum absolute atomic E-state index is 0.124. The lowest BCUT2D eigenvalue weighted by Gasteiger charge is -2.11. The highest BCUT2D eigenvalue weighted by Crippen LogP contribution is 2.12. The third-order valence-corrected chi connectivity index (χ3v) is 3.87. The van der Waals surface area contributed by atoms with E-state index >= 15 is 0 Å². The topological polar surface area (TPSA) is 42.2 Å². The average Bonchev–Trinajstić information content (AvgIpc) is 2.51. The molecule has 21 heavy (non-hydrogen) atoms. The van der Waals surface area contributed by atoms with E-state index in [9.17, 15) is 9.90 Å². The van der Waals surface area contributed by atoms with E-state index in [1.165, 1.54) is 30.9 Å². The molecule has 2 rings (SSSR count). The molecule has 0 aliphatic carbocycles. The highest BCUT2D eigenvalue weighted by molar-refractivity contribution is 5.25. The Labute approximate surface area is 125 Å². The van der Waals surface area contributed by atoms with Gasteiger partial charge in [0.05, 0.1) is 5.69 Å². The van der Waals surface area contributed by atoms with Crippen LogP contribution in [0.4, 0.5) is 0 Å². The van der Waals surface area contributed by atoms with E-state index in [1.807, 2.05) is 10.6 Å². The first-order valence-corrected chi connectivity index (χ1v) is 7.61. The Balaban J connectivity index is 1.68. The number of nitrogens with zero attached hydrogens (tertiary/aromatic N) is 1. The molecule has 0 unspecified atom stereocenters. The van der Waals surface area contributed by atoms with Gasteiger partial charge in [0, 0.05) is 18.8 Å². The summed E-state index contributed by atoms with van der Waals surface area (Å²) in [6, 6.07) is 12.0. The van der Waals surface area contributed by atoms with Gasteiger partial charge in [-0.25, -0.2) is 0 Å². The SMILES string of the molecule is Cc1c(O)c(=O)ccn1CCCCCCc1ccccc1. The van der Waals surface area contributed by atoms with Gasteiger partial charge in [-0.3, -0.25) is 4.79 Å². The predicted octanol–water partition coefficient (Wildman–Crippen LogP) is 3.67. The Hall–Kier alpha value is -2.03. The number of rotatable bonds is 7. The van der Waals surface area contributed by atoms with Gasteiger partial charge >= 0.3 is 0 Å². The van der Waals surface area contributed by atoms with E-state index < -0.39 is 0 Å². The van der Waals surface area contributed by atoms with Crippen LogP contribution in [-0.4, -0.2) is 9.67 Å². The van der Waals surface area contributed by atoms with Crippen molar-refractivity contribution in [3.8, 4) is 5.75 Å². The van der Waals surface area contributed by atoms with Crippen molar-refractivity contribution >= 4 is 0 Å². The van der Waals surface area contributed by atoms with Gasteiger partial charge < -0.3 is 9.67 Å². The summed E-state index contributed by atoms with van der Waals surface area (Å²) in [5, 5.41) is 9.62. The molecule has 3 nitrogen and oxygen atoms in total. The maximum absolute atomic E-state index is 11.3. The largest absolute Gasteiger partial charge is 0.503 e. The minimum Gasteiger partial charge on any atom is -0.503 e. The van der Waals surface area contributed by atoms with Crippen LogP contribution < -0.4 is 5.43 Å². The van der Waals surface area contributed by atoms with Gasteiger partial charge in [0.2, 0.25) is 5.43 Å². The molecule has 0 atom stereocenters. The molecule has 2 aromatic rings. The average molecular weight is 285 g/mol. The molecule has 112 valence electrons. The van der Waals surface area contributed by atoms with Crippen molar-refractivity contribution in [3.05, 3.63) is 64.1 Å². The van der Waals surface area contributed by atoms with Gasteiger partial charge in [-0.15, -0.1) is 0 Å². The second-order valence-electron chi connectivity index (χ2n) is 5.46. The Bertz CT molecular complexity index is 617. The van der Waals surface area contributed by atoms with Crippen LogP contribution in [-0.2, 0) is 13.0 Å². The van der Waals surface area contributed by atoms with Gasteiger partial charge in [0.15, 0.2) is 5.75 Å². The molecule has 0 spiro atoms. The molecule has 1 heterocycles. The summed E-state index contributed by atoms with van der Waals surface area (Å²) in [5.74, 6) is -0.124. The summed E-state index contributed by atoms with van der Waals surface area (Å²) in [4.78, 5) is 11.3. The third-order valence-electron chi connectivity index (χ3n) is 3.87. The van der Waals surface area contributed by atoms with Crippen LogP contribution in [0.25, 0.3) is 0 Å². The summed E-state index contributed by atoms with van der Waals surface area (Å²) < 4.78 is 1.95. The molecule has 0 aliphatic rings. The van der Waals surface area contributed by atoms with Crippen molar-refractivity contribution < 1.29 is 5.11 Å². The predicted molar refractivity (Wildman–Crippen MR) is 85.7 cm³/mol. The van der Waals surface area contributed by atoms with Crippen molar-refractivity contribution in [2.24, 2.45) is 0 Å². The highest BCUT2D eigenvalue weighted by atomic mass is 16.3. The molecule has 1 aromatic heterocycles. The molecule has 0 saturated carbocycles. The first-order chi connectivity index (χ1) is 10.2. The number of benzene rings is 1. The number of aryl methyl sites for hydroxylation is 2. The van der Waals surface area contributed by atoms with Gasteiger partial charge in [0.25, 0.3) is 0 Å². The summed E-state index contributed by atoms with van der Waals surface area (Å²) in [7, 11) is 0. The first-order valence-electron chi connectivity index (χ1n) is 7.61. The molecule has 0 bridgehead atoms. The van der Waals surface area contributed by atoms with Crippen molar-refractivity contribution in [2.45, 2.75) is 45.6 Å². The number of pyridine rings is 1. The maximum Gasteiger partial charge on any atom is 0.223 e. The number of hydrogen-bond acceptors (Lipinski definition) is 2. The summed E-state index contributed by atoms with van der Waals surface area (Å²) >= 11 is 0. The molecular formula is C18H23NO2. The molecular weight excluding hydrogens is 262 g/mol. The van der Waals surface area contributed by atoms with Gasteiger partial charge in [0.1, 0.15) is 0 Å². The van der Waals surface area contributed by atoms with Gasteiger partial charge in [-0.2, -0.15) is 0 Å². The third kappa shape index (κ3) is 4.48. The fourth-order valence-electron chi connectivity index (χ4n) is 2.51. The summed E-state index contributed by atoms with van der Waals surface area (Å²) in [6.07, 6.45) is 7.55. The second kappa shape index (κ2) is 7.67. The number of unbranched alkanes of at least 4 members (excludes halogenated alkanes) is 3. The molecule has 0 amide bonds. The van der Waals surface area contributed by atoms with Crippen molar-refractivity contribution in [2.75, 3.05) is 0 Å². The van der Waals surface area contributed by atoms with Crippen LogP contribution in [0.1, 0.15) is 36.9 Å². The molecule has 0 aliphatic heterocycles. The van der Waals surface area contributed by atoms with Crippen LogP contribution in [0.5, 0.6) is 5.75 Å². The highest BCUT2D eigenvalue weighted by Gasteiger charge is 2.04. The molecule has 0 radical (unpaired) electrons. The van der Waals surface area contributed by atoms with E-state index in [0.29, 0.717) is 5.69 Å². The normalized spacial score (nSPS) is 10.7. The van der Waals surface area contributed by atoms with E-state index in [0.717, 1.165) is 19.4 Å². The van der Waals surface area contributed by atoms with Crippen molar-refractivity contribution in [3.63, 3.8) is 0 Å². The van der Waals surface area contributed by atoms with Gasteiger partial charge in [-0.05, 0) is 31.7 Å². The Kier molecular flexibility index (Phi) is 5.61. The number of hydrogen-bond donors (Lipinski definition) is 1. The molecule has 1 N–H and O–H groups in total. The summed E-state index contributed by atoms with van der Waals surface area (Å²) in [5.41, 5.74) is 1.76. The first kappa shape index (κ1) is 15.4. The van der Waals surface area contributed by atoms with E-state index in [2.05, 4.69) is 24.3 Å². The smallest absolute Gasteiger partial charge is 0.223 e. The monoisotopic (exact) mass is 285 g/mol. The molecule has 0 fully saturated rings. The van der Waals surface area contributed by atoms with Crippen LogP contribution in [0, 0.1) is 6.92 Å². The number of aromatic nitrogens is 1. The maximum atomic E-state index is 11.3. The zero-order chi connectivity index (χ0) is 15.1. The van der Waals surface area contributed by atoms with Gasteiger partial charge in [-0.1, -0.05) is 43.2 Å². The van der Waals surface area contributed by atoms with E-state index in [-0.39, 0.29) is 11.2 Å². The van der Waals surface area contributed by atoms with Crippen molar-refractivity contribution in [1.29, 1.82) is 0 Å². The van der Waals surface area contributed by atoms with Crippen LogP contribution in [0.15, 0.2) is 47.4 Å². The Morgan fingerprint density at radius 1 is 1.00 bits per heavy atom. The van der Waals surface area contributed by atoms with Crippen LogP contribution in [0.3, 0.4) is 0 Å². The second-order valence-corrected chi connectivity index (χ2v) is 5.46. The lowest BCUT2D eigenvalue weighted by molar-refractivity contribution is 0.449. The Morgan fingerprint density at radius 3 is 2.48 bits per heavy atom. The lowest BCUT2D eigenvalue weighted by atomic mass is 10.1. The minimum atomic E-state index is -0.299. The Morgan fingerprint density at radius 2 is 1.71 bits per heavy atom. The van der Waals surface area contributed by atoms with Crippen LogP contribution >= 0.6 is 0 Å². The summed E-state index contributed by atoms with van der Waals surface area (Å²) in [6.45, 7) is 2.64. The van der Waals surface area contributed by atoms with Crippen molar-refractivity contribution in [1.82, 2.24) is 4.57 Å². The van der Waals surface area contributed by atoms with Crippen LogP contribution in [0.2, 0.25) is 0 Å². The molecule has 3 heteroatoms. The van der Waals surface area contributed by atoms with E-state index in [1.54, 1.807) is 13.1 Å². The zero-order valence-corrected chi connectivity index (χ0v) is 12.6. The molecule has 0 saturated heterocycles. The fraction of sp³-hybridized carbons (Fsp3) is 0.389. The zero-order valence-electron chi connectivity index (χ0n) is 12.6. The number of aromatic hydroxyl groups is 1. The quantitative estimate of drug-likeness (QED) is 0.789. The lowest BCUT2D eigenvalue weighted by Crippen LogP contribution is -2.10. The molecule has 1 aromatic carbocycles. The standard InChI is InChI=1S/C18H23NO2/c1-15-18(21)17(20)12-14-19(15)13-8-3-2-5-9-16-10-6-4-7-11-16/h4,6-7,10-12,14,21H,2-3,5,8-9,13H2,1H3. The van der Waals surface area contributed by atoms with E-state index in [4.69, 9.17) is 0 Å².